The number of hydrogen-bond acceptors (Lipinski definition) is 5. The molecule has 1 aromatic rings. The quantitative estimate of drug-likeness (QED) is 0.843. The van der Waals surface area contributed by atoms with Gasteiger partial charge in [0.2, 0.25) is 0 Å². The van der Waals surface area contributed by atoms with E-state index in [9.17, 15) is 4.79 Å². The molecule has 1 N–H and O–H groups in total. The minimum absolute atomic E-state index is 0.123. The molecular weight excluding hydrogens is 248 g/mol. The molecule has 0 saturated carbocycles. The summed E-state index contributed by atoms with van der Waals surface area (Å²) in [6, 6.07) is 3.78. The van der Waals surface area contributed by atoms with E-state index in [1.807, 2.05) is 24.4 Å². The molecule has 0 aliphatic carbocycles. The zero-order chi connectivity index (χ0) is 12.8. The number of rotatable bonds is 4. The lowest BCUT2D eigenvalue weighted by Crippen LogP contribution is -2.37. The van der Waals surface area contributed by atoms with Crippen molar-refractivity contribution in [1.82, 2.24) is 10.2 Å². The van der Waals surface area contributed by atoms with E-state index >= 15 is 0 Å². The van der Waals surface area contributed by atoms with E-state index < -0.39 is 0 Å². The summed E-state index contributed by atoms with van der Waals surface area (Å²) in [4.78, 5) is 15.5. The van der Waals surface area contributed by atoms with Crippen LogP contribution in [0.3, 0.4) is 0 Å². The van der Waals surface area contributed by atoms with Crippen molar-refractivity contribution in [3.05, 3.63) is 22.4 Å². The van der Waals surface area contributed by atoms with Crippen molar-refractivity contribution < 1.29 is 9.53 Å². The van der Waals surface area contributed by atoms with Crippen molar-refractivity contribution in [3.8, 4) is 0 Å². The summed E-state index contributed by atoms with van der Waals surface area (Å²) in [6.07, 6.45) is 1.07. The molecule has 1 saturated heterocycles. The van der Waals surface area contributed by atoms with Gasteiger partial charge in [-0.3, -0.25) is 4.90 Å². The highest BCUT2D eigenvalue weighted by atomic mass is 32.1. The number of nitrogens with one attached hydrogen (secondary N) is 1. The molecule has 0 aromatic carbocycles. The maximum atomic E-state index is 12.2. The standard InChI is InChI=1S/C13H20N2O2S/c1-2-17-13(16)12(11-5-3-10-18-11)15-8-4-6-14-7-9-15/h3,5,10,12,14H,2,4,6-9H2,1H3. The van der Waals surface area contributed by atoms with Crippen LogP contribution in [0.1, 0.15) is 24.3 Å². The van der Waals surface area contributed by atoms with Gasteiger partial charge >= 0.3 is 5.97 Å². The molecule has 2 rings (SSSR count). The summed E-state index contributed by atoms with van der Waals surface area (Å²) >= 11 is 1.62. The van der Waals surface area contributed by atoms with Crippen LogP contribution in [-0.4, -0.2) is 43.7 Å². The van der Waals surface area contributed by atoms with Crippen LogP contribution >= 0.6 is 11.3 Å². The smallest absolute Gasteiger partial charge is 0.328 e. The Labute approximate surface area is 112 Å². The molecule has 1 aliphatic rings. The summed E-state index contributed by atoms with van der Waals surface area (Å²) in [5.41, 5.74) is 0. The molecule has 0 amide bonds. The van der Waals surface area contributed by atoms with Crippen LogP contribution in [0.15, 0.2) is 17.5 Å². The van der Waals surface area contributed by atoms with Gasteiger partial charge in [0.15, 0.2) is 0 Å². The Balaban J connectivity index is 2.15. The first-order valence-corrected chi connectivity index (χ1v) is 7.35. The summed E-state index contributed by atoms with van der Waals surface area (Å²) in [5, 5.41) is 5.37. The summed E-state index contributed by atoms with van der Waals surface area (Å²) in [5.74, 6) is -0.123. The summed E-state index contributed by atoms with van der Waals surface area (Å²) < 4.78 is 5.23. The highest BCUT2D eigenvalue weighted by Crippen LogP contribution is 2.26. The molecular formula is C13H20N2O2S. The lowest BCUT2D eigenvalue weighted by Gasteiger charge is -2.27. The molecule has 5 heteroatoms. The van der Waals surface area contributed by atoms with Crippen molar-refractivity contribution in [1.29, 1.82) is 0 Å². The Morgan fingerprint density at radius 1 is 1.56 bits per heavy atom. The summed E-state index contributed by atoms with van der Waals surface area (Å²) in [7, 11) is 0. The fourth-order valence-electron chi connectivity index (χ4n) is 2.24. The first kappa shape index (κ1) is 13.5. The fourth-order valence-corrected chi connectivity index (χ4v) is 3.08. The Bertz CT molecular complexity index is 359. The first-order chi connectivity index (χ1) is 8.83. The Morgan fingerprint density at radius 2 is 2.44 bits per heavy atom. The van der Waals surface area contributed by atoms with Crippen molar-refractivity contribution in [2.24, 2.45) is 0 Å². The maximum Gasteiger partial charge on any atom is 0.328 e. The lowest BCUT2D eigenvalue weighted by atomic mass is 10.2. The third-order valence-corrected chi connectivity index (χ3v) is 3.99. The van der Waals surface area contributed by atoms with Gasteiger partial charge in [-0.1, -0.05) is 6.07 Å². The number of carbonyl (C=O) groups is 1. The zero-order valence-electron chi connectivity index (χ0n) is 10.7. The fraction of sp³-hybridized carbons (Fsp3) is 0.615. The minimum atomic E-state index is -0.232. The number of hydrogen-bond donors (Lipinski definition) is 1. The van der Waals surface area contributed by atoms with Crippen LogP contribution in [0.2, 0.25) is 0 Å². The SMILES string of the molecule is CCOC(=O)C(c1cccs1)N1CCCNCC1. The van der Waals surface area contributed by atoms with Crippen molar-refractivity contribution in [2.45, 2.75) is 19.4 Å². The van der Waals surface area contributed by atoms with Crippen LogP contribution < -0.4 is 5.32 Å². The topological polar surface area (TPSA) is 41.6 Å². The van der Waals surface area contributed by atoms with E-state index in [1.165, 1.54) is 0 Å². The molecule has 1 unspecified atom stereocenters. The molecule has 0 bridgehead atoms. The lowest BCUT2D eigenvalue weighted by molar-refractivity contribution is -0.149. The van der Waals surface area contributed by atoms with E-state index in [0.29, 0.717) is 6.61 Å². The average molecular weight is 268 g/mol. The normalized spacial score (nSPS) is 19.2. The molecule has 0 spiro atoms. The van der Waals surface area contributed by atoms with E-state index in [1.54, 1.807) is 11.3 Å². The molecule has 4 nitrogen and oxygen atoms in total. The molecule has 1 fully saturated rings. The van der Waals surface area contributed by atoms with E-state index in [-0.39, 0.29) is 12.0 Å². The van der Waals surface area contributed by atoms with E-state index in [2.05, 4.69) is 10.2 Å². The molecule has 1 aromatic heterocycles. The van der Waals surface area contributed by atoms with Gasteiger partial charge in [-0.2, -0.15) is 0 Å². The molecule has 1 aliphatic heterocycles. The van der Waals surface area contributed by atoms with Crippen LogP contribution in [0, 0.1) is 0 Å². The minimum Gasteiger partial charge on any atom is -0.465 e. The number of esters is 1. The highest BCUT2D eigenvalue weighted by Gasteiger charge is 2.29. The number of ether oxygens (including phenoxy) is 1. The third-order valence-electron chi connectivity index (χ3n) is 3.06. The highest BCUT2D eigenvalue weighted by molar-refractivity contribution is 7.10. The van der Waals surface area contributed by atoms with E-state index in [4.69, 9.17) is 4.74 Å². The molecule has 100 valence electrons. The van der Waals surface area contributed by atoms with Crippen molar-refractivity contribution in [2.75, 3.05) is 32.8 Å². The largest absolute Gasteiger partial charge is 0.465 e. The van der Waals surface area contributed by atoms with Gasteiger partial charge in [-0.25, -0.2) is 4.79 Å². The van der Waals surface area contributed by atoms with Crippen LogP contribution in [0.4, 0.5) is 0 Å². The third kappa shape index (κ3) is 3.31. The van der Waals surface area contributed by atoms with Gasteiger partial charge in [-0.15, -0.1) is 11.3 Å². The molecule has 2 heterocycles. The number of thiophene rings is 1. The monoisotopic (exact) mass is 268 g/mol. The predicted octanol–water partition coefficient (Wildman–Crippen LogP) is 1.65. The number of nitrogens with zero attached hydrogens (tertiary/aromatic N) is 1. The summed E-state index contributed by atoms with van der Waals surface area (Å²) in [6.45, 7) is 6.08. The molecule has 1 atom stereocenters. The van der Waals surface area contributed by atoms with Gasteiger partial charge < -0.3 is 10.1 Å². The van der Waals surface area contributed by atoms with E-state index in [0.717, 1.165) is 37.5 Å². The Kier molecular flexibility index (Phi) is 5.16. The van der Waals surface area contributed by atoms with Gasteiger partial charge in [0, 0.05) is 24.5 Å². The first-order valence-electron chi connectivity index (χ1n) is 6.47. The Hall–Kier alpha value is -0.910. The van der Waals surface area contributed by atoms with Gasteiger partial charge in [0.1, 0.15) is 6.04 Å². The van der Waals surface area contributed by atoms with Crippen LogP contribution in [-0.2, 0) is 9.53 Å². The number of carbonyl (C=O) groups excluding carboxylic acids is 1. The van der Waals surface area contributed by atoms with Crippen LogP contribution in [0.5, 0.6) is 0 Å². The second-order valence-corrected chi connectivity index (χ2v) is 5.29. The Morgan fingerprint density at radius 3 is 3.17 bits per heavy atom. The van der Waals surface area contributed by atoms with Gasteiger partial charge in [-0.05, 0) is 31.3 Å². The maximum absolute atomic E-state index is 12.2. The van der Waals surface area contributed by atoms with Crippen molar-refractivity contribution in [3.63, 3.8) is 0 Å². The average Bonchev–Trinajstić information content (AvgIpc) is 2.74. The predicted molar refractivity (Wildman–Crippen MR) is 72.8 cm³/mol. The second kappa shape index (κ2) is 6.87. The zero-order valence-corrected chi connectivity index (χ0v) is 11.5. The van der Waals surface area contributed by atoms with Crippen LogP contribution in [0.25, 0.3) is 0 Å². The van der Waals surface area contributed by atoms with Gasteiger partial charge in [0.25, 0.3) is 0 Å². The van der Waals surface area contributed by atoms with Gasteiger partial charge in [0.05, 0.1) is 6.61 Å². The second-order valence-electron chi connectivity index (χ2n) is 4.31. The molecule has 18 heavy (non-hydrogen) atoms. The van der Waals surface area contributed by atoms with Crippen molar-refractivity contribution >= 4 is 17.3 Å². The molecule has 0 radical (unpaired) electrons.